The molecule has 204 valence electrons. The molecule has 2 heterocycles. The molecule has 5 rings (SSSR count). The van der Waals surface area contributed by atoms with Gasteiger partial charge in [0.1, 0.15) is 5.75 Å². The lowest BCUT2D eigenvalue weighted by Crippen LogP contribution is -2.40. The number of thiazole rings is 1. The number of carbonyl (C=O) groups is 1. The second-order valence-electron chi connectivity index (χ2n) is 8.79. The summed E-state index contributed by atoms with van der Waals surface area (Å²) in [5, 5.41) is 0. The first kappa shape index (κ1) is 27.0. The Morgan fingerprint density at radius 2 is 1.70 bits per heavy atom. The Kier molecular flexibility index (Phi) is 7.84. The SMILES string of the molecule is CCOC(=O)C1=C(c2ccccc2)N=c2s/c(=C\c3cccc(OC)c3OC)c(=O)n2[C@H]1c1ccc(OC)cc1. The van der Waals surface area contributed by atoms with Crippen molar-refractivity contribution in [3.05, 3.63) is 115 Å². The molecule has 0 spiro atoms. The first-order chi connectivity index (χ1) is 19.5. The maximum absolute atomic E-state index is 14.1. The van der Waals surface area contributed by atoms with Gasteiger partial charge >= 0.3 is 5.97 Å². The van der Waals surface area contributed by atoms with E-state index in [0.29, 0.717) is 37.8 Å². The summed E-state index contributed by atoms with van der Waals surface area (Å²) in [5.74, 6) is 1.19. The van der Waals surface area contributed by atoms with Crippen LogP contribution in [0.4, 0.5) is 0 Å². The number of methoxy groups -OCH3 is 3. The predicted molar refractivity (Wildman–Crippen MR) is 154 cm³/mol. The third-order valence-corrected chi connectivity index (χ3v) is 7.51. The number of ether oxygens (including phenoxy) is 4. The Hall–Kier alpha value is -4.63. The molecule has 0 aliphatic carbocycles. The largest absolute Gasteiger partial charge is 0.497 e. The van der Waals surface area contributed by atoms with Crippen molar-refractivity contribution in [1.82, 2.24) is 4.57 Å². The number of hydrogen-bond acceptors (Lipinski definition) is 8. The highest BCUT2D eigenvalue weighted by molar-refractivity contribution is 7.07. The Balaban J connectivity index is 1.82. The van der Waals surface area contributed by atoms with Gasteiger partial charge in [-0.15, -0.1) is 0 Å². The number of rotatable bonds is 8. The van der Waals surface area contributed by atoms with Crippen molar-refractivity contribution in [3.8, 4) is 17.2 Å². The van der Waals surface area contributed by atoms with Crippen LogP contribution in [0.2, 0.25) is 0 Å². The topological polar surface area (TPSA) is 88.4 Å². The minimum absolute atomic E-state index is 0.180. The van der Waals surface area contributed by atoms with Crippen LogP contribution in [-0.4, -0.2) is 38.5 Å². The monoisotopic (exact) mass is 556 g/mol. The highest BCUT2D eigenvalue weighted by atomic mass is 32.1. The summed E-state index contributed by atoms with van der Waals surface area (Å²) >= 11 is 1.24. The minimum atomic E-state index is -0.772. The van der Waals surface area contributed by atoms with Crippen molar-refractivity contribution in [2.75, 3.05) is 27.9 Å². The van der Waals surface area contributed by atoms with Gasteiger partial charge in [-0.05, 0) is 36.8 Å². The molecular formula is C31H28N2O6S. The van der Waals surface area contributed by atoms with Gasteiger partial charge in [-0.1, -0.05) is 65.9 Å². The van der Waals surface area contributed by atoms with E-state index in [1.807, 2.05) is 54.6 Å². The van der Waals surface area contributed by atoms with Gasteiger partial charge in [0.05, 0.1) is 49.8 Å². The lowest BCUT2D eigenvalue weighted by atomic mass is 9.93. The number of carbonyl (C=O) groups excluding carboxylic acids is 1. The van der Waals surface area contributed by atoms with E-state index in [9.17, 15) is 9.59 Å². The number of aromatic nitrogens is 1. The Bertz CT molecular complexity index is 1750. The summed E-state index contributed by atoms with van der Waals surface area (Å²) < 4.78 is 23.9. The summed E-state index contributed by atoms with van der Waals surface area (Å²) in [4.78, 5) is 32.9. The quantitative estimate of drug-likeness (QED) is 0.306. The zero-order chi connectivity index (χ0) is 28.2. The smallest absolute Gasteiger partial charge is 0.338 e. The molecule has 4 aromatic rings. The average molecular weight is 557 g/mol. The second-order valence-corrected chi connectivity index (χ2v) is 9.80. The molecule has 40 heavy (non-hydrogen) atoms. The lowest BCUT2D eigenvalue weighted by molar-refractivity contribution is -0.138. The van der Waals surface area contributed by atoms with E-state index < -0.39 is 12.0 Å². The maximum Gasteiger partial charge on any atom is 0.338 e. The van der Waals surface area contributed by atoms with E-state index in [0.717, 1.165) is 11.1 Å². The summed E-state index contributed by atoms with van der Waals surface area (Å²) in [6.07, 6.45) is 1.76. The van der Waals surface area contributed by atoms with Crippen LogP contribution in [0, 0.1) is 0 Å². The van der Waals surface area contributed by atoms with Gasteiger partial charge in [0.15, 0.2) is 16.3 Å². The van der Waals surface area contributed by atoms with E-state index in [2.05, 4.69) is 0 Å². The first-order valence-electron chi connectivity index (χ1n) is 12.6. The van der Waals surface area contributed by atoms with E-state index in [4.69, 9.17) is 23.9 Å². The van der Waals surface area contributed by atoms with Crippen LogP contribution in [-0.2, 0) is 9.53 Å². The maximum atomic E-state index is 14.1. The van der Waals surface area contributed by atoms with Gasteiger partial charge in [0.25, 0.3) is 5.56 Å². The number of benzene rings is 3. The van der Waals surface area contributed by atoms with Crippen LogP contribution in [0.25, 0.3) is 11.8 Å². The molecule has 3 aromatic carbocycles. The van der Waals surface area contributed by atoms with E-state index in [1.165, 1.54) is 11.3 Å². The lowest BCUT2D eigenvalue weighted by Gasteiger charge is -2.26. The molecule has 1 aliphatic heterocycles. The van der Waals surface area contributed by atoms with Crippen molar-refractivity contribution in [1.29, 1.82) is 0 Å². The first-order valence-corrected chi connectivity index (χ1v) is 13.5. The molecule has 0 saturated carbocycles. The van der Waals surface area contributed by atoms with Crippen molar-refractivity contribution in [3.63, 3.8) is 0 Å². The van der Waals surface area contributed by atoms with Crippen molar-refractivity contribution < 1.29 is 23.7 Å². The number of para-hydroxylation sites is 1. The number of hydrogen-bond donors (Lipinski definition) is 0. The number of nitrogens with zero attached hydrogens (tertiary/aromatic N) is 2. The molecule has 1 aromatic heterocycles. The van der Waals surface area contributed by atoms with Crippen molar-refractivity contribution in [2.24, 2.45) is 4.99 Å². The van der Waals surface area contributed by atoms with Gasteiger partial charge in [-0.2, -0.15) is 0 Å². The van der Waals surface area contributed by atoms with Gasteiger partial charge in [0.2, 0.25) is 0 Å². The van der Waals surface area contributed by atoms with Crippen molar-refractivity contribution >= 4 is 29.1 Å². The van der Waals surface area contributed by atoms with Crippen LogP contribution >= 0.6 is 11.3 Å². The third-order valence-electron chi connectivity index (χ3n) is 6.53. The van der Waals surface area contributed by atoms with Gasteiger partial charge < -0.3 is 18.9 Å². The average Bonchev–Trinajstić information content (AvgIpc) is 3.30. The molecular weight excluding hydrogens is 528 g/mol. The molecule has 1 atom stereocenters. The summed E-state index contributed by atoms with van der Waals surface area (Å²) in [6, 6.07) is 21.4. The molecule has 0 N–H and O–H groups in total. The summed E-state index contributed by atoms with van der Waals surface area (Å²) in [6.45, 7) is 1.93. The number of fused-ring (bicyclic) bond motifs is 1. The molecule has 9 heteroatoms. The third kappa shape index (κ3) is 4.91. The van der Waals surface area contributed by atoms with Crippen LogP contribution in [0.1, 0.15) is 29.7 Å². The zero-order valence-corrected chi connectivity index (χ0v) is 23.4. The normalized spacial score (nSPS) is 14.8. The fraction of sp³-hybridized carbons (Fsp3) is 0.194. The fourth-order valence-electron chi connectivity index (χ4n) is 4.71. The van der Waals surface area contributed by atoms with E-state index in [1.54, 1.807) is 57.1 Å². The highest BCUT2D eigenvalue weighted by Gasteiger charge is 2.35. The molecule has 0 saturated heterocycles. The molecule has 0 bridgehead atoms. The zero-order valence-electron chi connectivity index (χ0n) is 22.5. The van der Waals surface area contributed by atoms with Gasteiger partial charge in [-0.3, -0.25) is 9.36 Å². The molecule has 0 unspecified atom stereocenters. The van der Waals surface area contributed by atoms with Gasteiger partial charge in [0, 0.05) is 11.1 Å². The fourth-order valence-corrected chi connectivity index (χ4v) is 5.70. The van der Waals surface area contributed by atoms with Gasteiger partial charge in [-0.25, -0.2) is 9.79 Å². The minimum Gasteiger partial charge on any atom is -0.497 e. The Morgan fingerprint density at radius 1 is 0.950 bits per heavy atom. The summed E-state index contributed by atoms with van der Waals surface area (Å²) in [5.41, 5.74) is 2.61. The van der Waals surface area contributed by atoms with Crippen LogP contribution in [0.3, 0.4) is 0 Å². The predicted octanol–water partition coefficient (Wildman–Crippen LogP) is 3.96. The van der Waals surface area contributed by atoms with E-state index in [-0.39, 0.29) is 17.7 Å². The van der Waals surface area contributed by atoms with E-state index >= 15 is 0 Å². The highest BCUT2D eigenvalue weighted by Crippen LogP contribution is 2.36. The molecule has 0 fully saturated rings. The van der Waals surface area contributed by atoms with Crippen LogP contribution < -0.4 is 29.1 Å². The van der Waals surface area contributed by atoms with Crippen molar-refractivity contribution in [2.45, 2.75) is 13.0 Å². The number of esters is 1. The Morgan fingerprint density at radius 3 is 2.35 bits per heavy atom. The second kappa shape index (κ2) is 11.6. The summed E-state index contributed by atoms with van der Waals surface area (Å²) in [7, 11) is 4.70. The van der Waals surface area contributed by atoms with Crippen LogP contribution in [0.5, 0.6) is 17.2 Å². The van der Waals surface area contributed by atoms with Crippen LogP contribution in [0.15, 0.2) is 88.2 Å². The standard InChI is InChI=1S/C31H28N2O6S/c1-5-39-30(35)25-26(19-10-7-6-8-11-19)32-31-33(27(25)20-14-16-22(36-2)17-15-20)29(34)24(40-31)18-21-12-9-13-23(37-3)28(21)38-4/h6-18,27H,5H2,1-4H3/b24-18-/t27-/m0/s1. The molecule has 1 aliphatic rings. The molecule has 8 nitrogen and oxygen atoms in total. The molecule has 0 amide bonds. The Labute approximate surface area is 235 Å². The molecule has 0 radical (unpaired) electrons.